The summed E-state index contributed by atoms with van der Waals surface area (Å²) in [6.45, 7) is 3.70. The maximum absolute atomic E-state index is 12.6. The van der Waals surface area contributed by atoms with E-state index < -0.39 is 9.84 Å². The van der Waals surface area contributed by atoms with Gasteiger partial charge in [0.2, 0.25) is 0 Å². The van der Waals surface area contributed by atoms with Crippen LogP contribution in [0.5, 0.6) is 0 Å². The van der Waals surface area contributed by atoms with Crippen molar-refractivity contribution in [1.29, 1.82) is 0 Å². The highest BCUT2D eigenvalue weighted by Gasteiger charge is 2.25. The summed E-state index contributed by atoms with van der Waals surface area (Å²) in [4.78, 5) is 0. The monoisotopic (exact) mass is 338 g/mol. The summed E-state index contributed by atoms with van der Waals surface area (Å²) in [5.74, 6) is 1.36. The van der Waals surface area contributed by atoms with E-state index in [9.17, 15) is 8.42 Å². The van der Waals surface area contributed by atoms with Crippen LogP contribution in [0.4, 0.5) is 0 Å². The fourth-order valence-corrected chi connectivity index (χ4v) is 4.67. The summed E-state index contributed by atoms with van der Waals surface area (Å²) in [5.41, 5.74) is 2.91. The van der Waals surface area contributed by atoms with Gasteiger partial charge in [-0.2, -0.15) is 0 Å². The van der Waals surface area contributed by atoms with E-state index in [1.54, 1.807) is 6.92 Å². The first-order valence-corrected chi connectivity index (χ1v) is 9.93. The van der Waals surface area contributed by atoms with Crippen molar-refractivity contribution in [2.24, 2.45) is 0 Å². The molecule has 0 saturated heterocycles. The SMILES string of the molecule is CCc1onc(C)c1CS(=O)(=O)Cc1noc2c1CCCCC2. The summed E-state index contributed by atoms with van der Waals surface area (Å²) in [5, 5.41) is 7.90. The van der Waals surface area contributed by atoms with Gasteiger partial charge in [0.15, 0.2) is 9.84 Å². The molecule has 2 aromatic rings. The van der Waals surface area contributed by atoms with Crippen LogP contribution in [0.1, 0.15) is 60.2 Å². The highest BCUT2D eigenvalue weighted by atomic mass is 32.2. The van der Waals surface area contributed by atoms with E-state index in [-0.39, 0.29) is 11.5 Å². The number of fused-ring (bicyclic) bond motifs is 1. The lowest BCUT2D eigenvalue weighted by Gasteiger charge is -2.04. The molecule has 0 radical (unpaired) electrons. The largest absolute Gasteiger partial charge is 0.361 e. The molecular weight excluding hydrogens is 316 g/mol. The van der Waals surface area contributed by atoms with Gasteiger partial charge in [0.05, 0.1) is 17.2 Å². The molecule has 6 nitrogen and oxygen atoms in total. The second kappa shape index (κ2) is 6.47. The van der Waals surface area contributed by atoms with Crippen molar-refractivity contribution in [3.05, 3.63) is 34.0 Å². The number of sulfone groups is 1. The Morgan fingerprint density at radius 1 is 1.04 bits per heavy atom. The number of aryl methyl sites for hydroxylation is 3. The van der Waals surface area contributed by atoms with E-state index in [0.29, 0.717) is 29.1 Å². The third-order valence-electron chi connectivity index (χ3n) is 4.39. The molecule has 2 heterocycles. The number of aromatic nitrogens is 2. The minimum Gasteiger partial charge on any atom is -0.361 e. The molecule has 0 saturated carbocycles. The Hall–Kier alpha value is -1.63. The average molecular weight is 338 g/mol. The van der Waals surface area contributed by atoms with Crippen LogP contribution in [0.3, 0.4) is 0 Å². The normalized spacial score (nSPS) is 15.4. The predicted octanol–water partition coefficient (Wildman–Crippen LogP) is 2.92. The van der Waals surface area contributed by atoms with E-state index in [1.165, 1.54) is 0 Å². The molecule has 0 fully saturated rings. The molecule has 0 atom stereocenters. The van der Waals surface area contributed by atoms with Crippen LogP contribution in [-0.2, 0) is 40.6 Å². The number of rotatable bonds is 5. The molecule has 1 aliphatic carbocycles. The molecule has 1 aliphatic rings. The fourth-order valence-electron chi connectivity index (χ4n) is 3.12. The topological polar surface area (TPSA) is 86.2 Å². The zero-order valence-corrected chi connectivity index (χ0v) is 14.4. The van der Waals surface area contributed by atoms with Gasteiger partial charge in [-0.05, 0) is 26.2 Å². The highest BCUT2D eigenvalue weighted by Crippen LogP contribution is 2.26. The molecule has 0 N–H and O–H groups in total. The Morgan fingerprint density at radius 3 is 2.61 bits per heavy atom. The second-order valence-corrected chi connectivity index (χ2v) is 8.21. The van der Waals surface area contributed by atoms with Crippen LogP contribution in [0.25, 0.3) is 0 Å². The molecule has 2 aromatic heterocycles. The quantitative estimate of drug-likeness (QED) is 0.779. The van der Waals surface area contributed by atoms with E-state index >= 15 is 0 Å². The van der Waals surface area contributed by atoms with Crippen molar-refractivity contribution in [3.63, 3.8) is 0 Å². The van der Waals surface area contributed by atoms with Crippen molar-refractivity contribution in [3.8, 4) is 0 Å². The van der Waals surface area contributed by atoms with Crippen LogP contribution in [0.15, 0.2) is 9.05 Å². The van der Waals surface area contributed by atoms with Gasteiger partial charge in [-0.25, -0.2) is 8.42 Å². The van der Waals surface area contributed by atoms with Gasteiger partial charge in [0.1, 0.15) is 17.2 Å². The van der Waals surface area contributed by atoms with Crippen LogP contribution in [0.2, 0.25) is 0 Å². The van der Waals surface area contributed by atoms with Gasteiger partial charge in [-0.1, -0.05) is 23.7 Å². The zero-order chi connectivity index (χ0) is 16.4. The Bertz CT molecular complexity index is 789. The first kappa shape index (κ1) is 16.2. The molecule has 0 bridgehead atoms. The molecule has 0 aromatic carbocycles. The standard InChI is InChI=1S/C16H22N2O4S/c1-3-15-13(11(2)17-21-15)9-23(19,20)10-14-12-7-5-4-6-8-16(12)22-18-14/h3-10H2,1-2H3. The zero-order valence-electron chi connectivity index (χ0n) is 13.6. The minimum absolute atomic E-state index is 0.0624. The molecule has 0 unspecified atom stereocenters. The minimum atomic E-state index is -3.35. The lowest BCUT2D eigenvalue weighted by Crippen LogP contribution is -2.11. The summed E-state index contributed by atoms with van der Waals surface area (Å²) in [7, 11) is -3.35. The number of hydrogen-bond donors (Lipinski definition) is 0. The van der Waals surface area contributed by atoms with Gasteiger partial charge in [-0.15, -0.1) is 0 Å². The first-order chi connectivity index (χ1) is 11.0. The molecule has 3 rings (SSSR count). The lowest BCUT2D eigenvalue weighted by atomic mass is 10.1. The Balaban J connectivity index is 1.82. The molecule has 0 spiro atoms. The van der Waals surface area contributed by atoms with Gasteiger partial charge in [0.25, 0.3) is 0 Å². The van der Waals surface area contributed by atoms with Gasteiger partial charge >= 0.3 is 0 Å². The van der Waals surface area contributed by atoms with Crippen molar-refractivity contribution >= 4 is 9.84 Å². The Morgan fingerprint density at radius 2 is 1.83 bits per heavy atom. The maximum atomic E-state index is 12.6. The van der Waals surface area contributed by atoms with Crippen LogP contribution >= 0.6 is 0 Å². The van der Waals surface area contributed by atoms with E-state index in [2.05, 4.69) is 10.3 Å². The summed E-state index contributed by atoms with van der Waals surface area (Å²) in [6, 6.07) is 0. The van der Waals surface area contributed by atoms with Crippen LogP contribution < -0.4 is 0 Å². The maximum Gasteiger partial charge on any atom is 0.160 e. The lowest BCUT2D eigenvalue weighted by molar-refractivity contribution is 0.376. The first-order valence-electron chi connectivity index (χ1n) is 8.11. The van der Waals surface area contributed by atoms with Gasteiger partial charge in [0, 0.05) is 24.0 Å². The number of nitrogens with zero attached hydrogens (tertiary/aromatic N) is 2. The van der Waals surface area contributed by atoms with Gasteiger partial charge in [-0.3, -0.25) is 0 Å². The third-order valence-corrected chi connectivity index (χ3v) is 5.83. The number of hydrogen-bond acceptors (Lipinski definition) is 6. The molecule has 23 heavy (non-hydrogen) atoms. The molecule has 7 heteroatoms. The van der Waals surface area contributed by atoms with E-state index in [4.69, 9.17) is 9.05 Å². The summed E-state index contributed by atoms with van der Waals surface area (Å²) in [6.07, 6.45) is 5.63. The summed E-state index contributed by atoms with van der Waals surface area (Å²) < 4.78 is 35.8. The molecule has 0 amide bonds. The summed E-state index contributed by atoms with van der Waals surface area (Å²) >= 11 is 0. The van der Waals surface area contributed by atoms with Crippen LogP contribution in [0, 0.1) is 6.92 Å². The van der Waals surface area contributed by atoms with E-state index in [0.717, 1.165) is 43.4 Å². The Labute approximate surface area is 136 Å². The van der Waals surface area contributed by atoms with Crippen molar-refractivity contribution in [1.82, 2.24) is 10.3 Å². The van der Waals surface area contributed by atoms with Crippen molar-refractivity contribution < 1.29 is 17.5 Å². The van der Waals surface area contributed by atoms with Crippen molar-refractivity contribution in [2.45, 2.75) is 63.9 Å². The smallest absolute Gasteiger partial charge is 0.160 e. The van der Waals surface area contributed by atoms with E-state index in [1.807, 2.05) is 6.92 Å². The highest BCUT2D eigenvalue weighted by molar-refractivity contribution is 7.89. The average Bonchev–Trinajstić information content (AvgIpc) is 2.94. The molecule has 0 aliphatic heterocycles. The predicted molar refractivity (Wildman–Crippen MR) is 84.7 cm³/mol. The molecular formula is C16H22N2O4S. The van der Waals surface area contributed by atoms with Gasteiger partial charge < -0.3 is 9.05 Å². The fraction of sp³-hybridized carbons (Fsp3) is 0.625. The molecule has 126 valence electrons. The van der Waals surface area contributed by atoms with Crippen LogP contribution in [-0.4, -0.2) is 18.7 Å². The third kappa shape index (κ3) is 3.49. The Kier molecular flexibility index (Phi) is 4.57. The van der Waals surface area contributed by atoms with Crippen molar-refractivity contribution in [2.75, 3.05) is 0 Å². The second-order valence-electron chi connectivity index (χ2n) is 6.15.